The van der Waals surface area contributed by atoms with Gasteiger partial charge >= 0.3 is 0 Å². The Bertz CT molecular complexity index is 809. The lowest BCUT2D eigenvalue weighted by Gasteiger charge is -2.20. The van der Waals surface area contributed by atoms with Crippen molar-refractivity contribution in [3.63, 3.8) is 0 Å². The molecule has 1 aliphatic rings. The molecule has 0 radical (unpaired) electrons. The molecule has 0 aliphatic heterocycles. The maximum atomic E-state index is 12.8. The maximum Gasteiger partial charge on any atom is 0.251 e. The van der Waals surface area contributed by atoms with E-state index in [0.717, 1.165) is 34.6 Å². The molecule has 2 aromatic rings. The highest BCUT2D eigenvalue weighted by atomic mass is 31.2. The van der Waals surface area contributed by atoms with Crippen molar-refractivity contribution in [2.75, 3.05) is 13.3 Å². The lowest BCUT2D eigenvalue weighted by molar-refractivity contribution is 0.588. The topological polar surface area (TPSA) is 39.1 Å². The molecule has 21 heavy (non-hydrogen) atoms. The van der Waals surface area contributed by atoms with Gasteiger partial charge in [-0.15, -0.1) is 0 Å². The van der Waals surface area contributed by atoms with E-state index in [1.165, 1.54) is 0 Å². The number of nitrogens with zero attached hydrogens (tertiary/aromatic N) is 1. The zero-order chi connectivity index (χ0) is 15.4. The third-order valence-electron chi connectivity index (χ3n) is 4.19. The van der Waals surface area contributed by atoms with Gasteiger partial charge in [-0.2, -0.15) is 0 Å². The van der Waals surface area contributed by atoms with E-state index < -0.39 is 7.14 Å². The first-order valence-corrected chi connectivity index (χ1v) is 10.1. The van der Waals surface area contributed by atoms with E-state index in [0.29, 0.717) is 12.0 Å². The largest absolute Gasteiger partial charge is 0.319 e. The Hall–Kier alpha value is -1.34. The smallest absolute Gasteiger partial charge is 0.251 e. The predicted molar refractivity (Wildman–Crippen MR) is 89.7 cm³/mol. The molecule has 1 heterocycles. The molecule has 0 saturated heterocycles. The van der Waals surface area contributed by atoms with Gasteiger partial charge in [0.2, 0.25) is 0 Å². The van der Waals surface area contributed by atoms with E-state index in [-0.39, 0.29) is 5.56 Å². The molecule has 3 rings (SSSR count). The van der Waals surface area contributed by atoms with Crippen LogP contribution in [0.1, 0.15) is 44.2 Å². The summed E-state index contributed by atoms with van der Waals surface area (Å²) in [5.74, 6) is 0.318. The first-order chi connectivity index (χ1) is 9.80. The number of fused-ring (bicyclic) bond motifs is 1. The highest BCUT2D eigenvalue weighted by Crippen LogP contribution is 2.42. The van der Waals surface area contributed by atoms with Gasteiger partial charge in [-0.3, -0.25) is 4.79 Å². The van der Waals surface area contributed by atoms with E-state index >= 15 is 0 Å². The average Bonchev–Trinajstić information content (AvgIpc) is 3.20. The van der Waals surface area contributed by atoms with Crippen LogP contribution in [0, 0.1) is 0 Å². The van der Waals surface area contributed by atoms with Gasteiger partial charge in [-0.25, -0.2) is 0 Å². The monoisotopic (exact) mass is 303 g/mol. The minimum Gasteiger partial charge on any atom is -0.319 e. The molecule has 4 heteroatoms. The Balaban J connectivity index is 2.44. The maximum absolute atomic E-state index is 12.8. The van der Waals surface area contributed by atoms with Crippen molar-refractivity contribution in [3.8, 4) is 0 Å². The molecule has 0 N–H and O–H groups in total. The third kappa shape index (κ3) is 2.48. The zero-order valence-electron chi connectivity index (χ0n) is 13.1. The van der Waals surface area contributed by atoms with Gasteiger partial charge in [-0.05, 0) is 49.8 Å². The summed E-state index contributed by atoms with van der Waals surface area (Å²) in [6, 6.07) is 7.90. The zero-order valence-corrected chi connectivity index (χ0v) is 14.0. The van der Waals surface area contributed by atoms with Crippen molar-refractivity contribution in [2.24, 2.45) is 0 Å². The molecule has 0 spiro atoms. The van der Waals surface area contributed by atoms with E-state index in [4.69, 9.17) is 0 Å². The van der Waals surface area contributed by atoms with E-state index in [1.54, 1.807) is 6.07 Å². The second-order valence-electron chi connectivity index (χ2n) is 6.71. The summed E-state index contributed by atoms with van der Waals surface area (Å²) < 4.78 is 14.7. The summed E-state index contributed by atoms with van der Waals surface area (Å²) in [5.41, 5.74) is 2.13. The normalized spacial score (nSPS) is 15.9. The first-order valence-electron chi connectivity index (χ1n) is 7.54. The summed E-state index contributed by atoms with van der Waals surface area (Å²) in [7, 11) is -2.42. The number of hydrogen-bond acceptors (Lipinski definition) is 2. The highest BCUT2D eigenvalue weighted by Gasteiger charge is 2.28. The minimum atomic E-state index is -2.42. The van der Waals surface area contributed by atoms with Crippen LogP contribution in [-0.2, 0) is 4.57 Å². The molecular weight excluding hydrogens is 281 g/mol. The van der Waals surface area contributed by atoms with Crippen molar-refractivity contribution < 1.29 is 4.57 Å². The van der Waals surface area contributed by atoms with Crippen molar-refractivity contribution in [1.82, 2.24) is 4.57 Å². The third-order valence-corrected chi connectivity index (χ3v) is 5.76. The van der Waals surface area contributed by atoms with Crippen molar-refractivity contribution in [2.45, 2.75) is 38.6 Å². The summed E-state index contributed by atoms with van der Waals surface area (Å²) >= 11 is 0. The van der Waals surface area contributed by atoms with Crippen LogP contribution < -0.4 is 10.9 Å². The van der Waals surface area contributed by atoms with Gasteiger partial charge in [0, 0.05) is 22.8 Å². The molecule has 1 aromatic carbocycles. The number of benzene rings is 1. The molecule has 0 amide bonds. The molecule has 3 nitrogen and oxygen atoms in total. The van der Waals surface area contributed by atoms with Gasteiger partial charge in [0.15, 0.2) is 0 Å². The molecule has 1 aliphatic carbocycles. The molecule has 112 valence electrons. The highest BCUT2D eigenvalue weighted by molar-refractivity contribution is 7.70. The lowest BCUT2D eigenvalue weighted by atomic mass is 10.0. The number of pyridine rings is 1. The Kier molecular flexibility index (Phi) is 3.37. The molecule has 1 saturated carbocycles. The molecule has 1 aromatic heterocycles. The fourth-order valence-corrected chi connectivity index (χ4v) is 4.84. The summed E-state index contributed by atoms with van der Waals surface area (Å²) in [4.78, 5) is 12.2. The Morgan fingerprint density at radius 2 is 1.81 bits per heavy atom. The van der Waals surface area contributed by atoms with Crippen LogP contribution in [0.15, 0.2) is 29.1 Å². The fraction of sp³-hybridized carbons (Fsp3) is 0.471. The SMILES string of the molecule is CC(C)c1ccc2c(ccc(=O)n2C2CC2)c1P(C)(C)=O. The molecule has 1 fully saturated rings. The Morgan fingerprint density at radius 3 is 2.33 bits per heavy atom. The van der Waals surface area contributed by atoms with Gasteiger partial charge < -0.3 is 9.13 Å². The summed E-state index contributed by atoms with van der Waals surface area (Å²) in [5, 5.41) is 1.94. The van der Waals surface area contributed by atoms with E-state index in [1.807, 2.05) is 30.0 Å². The Labute approximate surface area is 125 Å². The number of aromatic nitrogens is 1. The Morgan fingerprint density at radius 1 is 1.14 bits per heavy atom. The van der Waals surface area contributed by atoms with Crippen LogP contribution in [0.4, 0.5) is 0 Å². The van der Waals surface area contributed by atoms with Crippen molar-refractivity contribution >= 4 is 23.3 Å². The minimum absolute atomic E-state index is 0.0512. The second kappa shape index (κ2) is 4.84. The van der Waals surface area contributed by atoms with Crippen molar-refractivity contribution in [1.29, 1.82) is 0 Å². The van der Waals surface area contributed by atoms with Crippen LogP contribution in [0.2, 0.25) is 0 Å². The average molecular weight is 303 g/mol. The molecule has 0 bridgehead atoms. The van der Waals surface area contributed by atoms with Crippen LogP contribution in [-0.4, -0.2) is 17.9 Å². The van der Waals surface area contributed by atoms with Gasteiger partial charge in [-0.1, -0.05) is 19.9 Å². The summed E-state index contributed by atoms with van der Waals surface area (Å²) in [6.45, 7) is 7.88. The fourth-order valence-electron chi connectivity index (χ4n) is 3.12. The van der Waals surface area contributed by atoms with Crippen LogP contribution >= 0.6 is 7.14 Å². The standard InChI is InChI=1S/C17H22NO2P/c1-11(2)13-7-9-15-14(17(13)21(3,4)20)8-10-16(19)18(15)12-5-6-12/h7-12H,5-6H2,1-4H3. The van der Waals surface area contributed by atoms with Crippen LogP contribution in [0.3, 0.4) is 0 Å². The molecule has 0 atom stereocenters. The quantitative estimate of drug-likeness (QED) is 0.811. The van der Waals surface area contributed by atoms with Crippen LogP contribution in [0.5, 0.6) is 0 Å². The van der Waals surface area contributed by atoms with Crippen molar-refractivity contribution in [3.05, 3.63) is 40.2 Å². The predicted octanol–water partition coefficient (Wildman–Crippen LogP) is 3.71. The van der Waals surface area contributed by atoms with Gasteiger partial charge in [0.05, 0.1) is 5.52 Å². The molecule has 0 unspecified atom stereocenters. The summed E-state index contributed by atoms with van der Waals surface area (Å²) in [6.07, 6.45) is 2.13. The second-order valence-corrected chi connectivity index (χ2v) is 9.86. The number of hydrogen-bond donors (Lipinski definition) is 0. The van der Waals surface area contributed by atoms with Gasteiger partial charge in [0.1, 0.15) is 7.14 Å². The lowest BCUT2D eigenvalue weighted by Crippen LogP contribution is -2.22. The molecular formula is C17H22NO2P. The van der Waals surface area contributed by atoms with E-state index in [9.17, 15) is 9.36 Å². The first kappa shape index (κ1) is 14.6. The van der Waals surface area contributed by atoms with Crippen LogP contribution in [0.25, 0.3) is 10.9 Å². The number of rotatable bonds is 3. The van der Waals surface area contributed by atoms with Gasteiger partial charge in [0.25, 0.3) is 5.56 Å². The van der Waals surface area contributed by atoms with E-state index in [2.05, 4.69) is 19.9 Å².